The Kier molecular flexibility index (Phi) is 9.09. The minimum absolute atomic E-state index is 0.0153. The first-order valence-electron chi connectivity index (χ1n) is 11.0. The van der Waals surface area contributed by atoms with Gasteiger partial charge in [0.1, 0.15) is 6.26 Å². The third kappa shape index (κ3) is 6.44. The van der Waals surface area contributed by atoms with E-state index in [-0.39, 0.29) is 36.1 Å². The fourth-order valence-corrected chi connectivity index (χ4v) is 3.04. The Morgan fingerprint density at radius 1 is 1.10 bits per heavy atom. The topological polar surface area (TPSA) is 75.4 Å². The summed E-state index contributed by atoms with van der Waals surface area (Å²) in [6.45, 7) is 10.4. The highest BCUT2D eigenvalue weighted by Crippen LogP contribution is 2.17. The maximum atomic E-state index is 13.2. The van der Waals surface area contributed by atoms with E-state index < -0.39 is 0 Å². The van der Waals surface area contributed by atoms with Gasteiger partial charge < -0.3 is 14.6 Å². The number of carbonyl (C=O) groups is 2. The van der Waals surface area contributed by atoms with Crippen molar-refractivity contribution in [3.05, 3.63) is 53.2 Å². The van der Waals surface area contributed by atoms with Crippen molar-refractivity contribution < 1.29 is 14.0 Å². The van der Waals surface area contributed by atoms with Crippen LogP contribution < -0.4 is 5.32 Å². The number of benzene rings is 1. The van der Waals surface area contributed by atoms with Crippen LogP contribution in [0, 0.1) is 0 Å². The Morgan fingerprint density at radius 3 is 2.40 bits per heavy atom. The lowest BCUT2D eigenvalue weighted by Gasteiger charge is -2.27. The van der Waals surface area contributed by atoms with Gasteiger partial charge in [0.05, 0.1) is 6.54 Å². The molecule has 0 unspecified atom stereocenters. The van der Waals surface area contributed by atoms with Crippen LogP contribution in [-0.2, 0) is 13.0 Å². The summed E-state index contributed by atoms with van der Waals surface area (Å²) in [7, 11) is 0. The van der Waals surface area contributed by atoms with E-state index in [0.717, 1.165) is 32.1 Å². The Morgan fingerprint density at radius 2 is 1.80 bits per heavy atom. The van der Waals surface area contributed by atoms with E-state index in [1.54, 1.807) is 4.90 Å². The van der Waals surface area contributed by atoms with Gasteiger partial charge in [-0.3, -0.25) is 9.59 Å². The summed E-state index contributed by atoms with van der Waals surface area (Å²) in [6.07, 6.45) is 6.32. The van der Waals surface area contributed by atoms with E-state index in [2.05, 4.69) is 17.2 Å². The molecule has 0 radical (unpaired) electrons. The first kappa shape index (κ1) is 23.6. The van der Waals surface area contributed by atoms with E-state index in [0.29, 0.717) is 11.5 Å². The predicted molar refractivity (Wildman–Crippen MR) is 118 cm³/mol. The Balaban J connectivity index is 2.13. The molecule has 2 aromatic rings. The lowest BCUT2D eigenvalue weighted by atomic mass is 10.1. The predicted octanol–water partition coefficient (Wildman–Crippen LogP) is 4.99. The number of carbonyl (C=O) groups excluding carboxylic acids is 2. The van der Waals surface area contributed by atoms with Crippen molar-refractivity contribution >= 4 is 11.8 Å². The highest BCUT2D eigenvalue weighted by molar-refractivity contribution is 5.94. The number of hydrogen-bond donors (Lipinski definition) is 1. The van der Waals surface area contributed by atoms with Crippen molar-refractivity contribution in [2.45, 2.75) is 85.4 Å². The Labute approximate surface area is 180 Å². The molecule has 0 fully saturated rings. The van der Waals surface area contributed by atoms with Crippen LogP contribution in [-0.4, -0.2) is 33.8 Å². The zero-order chi connectivity index (χ0) is 22.1. The molecule has 2 amide bonds. The molecule has 0 aliphatic carbocycles. The van der Waals surface area contributed by atoms with Crippen molar-refractivity contribution in [2.75, 3.05) is 0 Å². The molecule has 6 heteroatoms. The average Bonchev–Trinajstić information content (AvgIpc) is 3.24. The monoisotopic (exact) mass is 413 g/mol. The van der Waals surface area contributed by atoms with Crippen molar-refractivity contribution in [1.82, 2.24) is 15.2 Å². The largest absolute Gasteiger partial charge is 0.446 e. The molecule has 1 N–H and O–H groups in total. The minimum Gasteiger partial charge on any atom is -0.446 e. The molecular weight excluding hydrogens is 378 g/mol. The number of amides is 2. The normalized spacial score (nSPS) is 13.0. The molecule has 1 heterocycles. The van der Waals surface area contributed by atoms with Crippen LogP contribution in [0.3, 0.4) is 0 Å². The number of aryl methyl sites for hydroxylation is 1. The van der Waals surface area contributed by atoms with Gasteiger partial charge in [0.15, 0.2) is 5.69 Å². The quantitative estimate of drug-likeness (QED) is 0.563. The van der Waals surface area contributed by atoms with Crippen LogP contribution in [0.2, 0.25) is 0 Å². The molecule has 0 aliphatic rings. The van der Waals surface area contributed by atoms with Gasteiger partial charge in [0.25, 0.3) is 11.8 Å². The number of nitrogens with zero attached hydrogens (tertiary/aromatic N) is 2. The zero-order valence-electron chi connectivity index (χ0n) is 18.9. The summed E-state index contributed by atoms with van der Waals surface area (Å²) < 4.78 is 5.51. The van der Waals surface area contributed by atoms with E-state index in [1.807, 2.05) is 52.0 Å². The maximum absolute atomic E-state index is 13.2. The second-order valence-electron chi connectivity index (χ2n) is 7.90. The van der Waals surface area contributed by atoms with Gasteiger partial charge in [-0.2, -0.15) is 0 Å². The lowest BCUT2D eigenvalue weighted by Crippen LogP contribution is -2.38. The number of aromatic nitrogens is 1. The van der Waals surface area contributed by atoms with Gasteiger partial charge >= 0.3 is 0 Å². The molecule has 0 bridgehead atoms. The molecular formula is C24H35N3O3. The Bertz CT molecular complexity index is 813. The van der Waals surface area contributed by atoms with Crippen molar-refractivity contribution in [1.29, 1.82) is 0 Å². The lowest BCUT2D eigenvalue weighted by molar-refractivity contribution is 0.0652. The molecule has 6 nitrogen and oxygen atoms in total. The van der Waals surface area contributed by atoms with E-state index in [4.69, 9.17) is 4.42 Å². The fourth-order valence-electron chi connectivity index (χ4n) is 3.04. The second-order valence-corrected chi connectivity index (χ2v) is 7.90. The summed E-state index contributed by atoms with van der Waals surface area (Å²) in [5.74, 6) is 0.0381. The molecule has 2 atom stereocenters. The van der Waals surface area contributed by atoms with Crippen LogP contribution >= 0.6 is 0 Å². The van der Waals surface area contributed by atoms with E-state index in [9.17, 15) is 9.59 Å². The third-order valence-corrected chi connectivity index (χ3v) is 5.48. The van der Waals surface area contributed by atoms with Crippen LogP contribution in [0.25, 0.3) is 0 Å². The van der Waals surface area contributed by atoms with Crippen LogP contribution in [0.1, 0.15) is 92.6 Å². The van der Waals surface area contributed by atoms with Crippen LogP contribution in [0.5, 0.6) is 0 Å². The van der Waals surface area contributed by atoms with Crippen molar-refractivity contribution in [2.24, 2.45) is 0 Å². The average molecular weight is 414 g/mol. The standard InChI is InChI=1S/C24H35N3O3/c1-6-9-10-19-11-13-20(14-12-19)24(29)27(18(5)8-3)15-22-26-21(16-30-22)23(28)25-17(4)7-2/h11-14,16-18H,6-10,15H2,1-5H3,(H,25,28)/t17-,18+/m1/s1. The molecule has 0 saturated heterocycles. The van der Waals surface area contributed by atoms with Crippen LogP contribution in [0.4, 0.5) is 0 Å². The summed E-state index contributed by atoms with van der Waals surface area (Å²) >= 11 is 0. The summed E-state index contributed by atoms with van der Waals surface area (Å²) in [4.78, 5) is 31.5. The van der Waals surface area contributed by atoms with E-state index in [1.165, 1.54) is 11.8 Å². The summed E-state index contributed by atoms with van der Waals surface area (Å²) in [5, 5.41) is 2.87. The fraction of sp³-hybridized carbons (Fsp3) is 0.542. The summed E-state index contributed by atoms with van der Waals surface area (Å²) in [5.41, 5.74) is 2.13. The maximum Gasteiger partial charge on any atom is 0.273 e. The smallest absolute Gasteiger partial charge is 0.273 e. The molecule has 1 aromatic carbocycles. The molecule has 164 valence electrons. The zero-order valence-corrected chi connectivity index (χ0v) is 18.9. The first-order valence-corrected chi connectivity index (χ1v) is 11.0. The molecule has 0 spiro atoms. The minimum atomic E-state index is -0.261. The molecule has 30 heavy (non-hydrogen) atoms. The molecule has 1 aromatic heterocycles. The number of oxazole rings is 1. The Hall–Kier alpha value is -2.63. The number of rotatable bonds is 11. The van der Waals surface area contributed by atoms with Gasteiger partial charge in [-0.15, -0.1) is 0 Å². The highest BCUT2D eigenvalue weighted by Gasteiger charge is 2.24. The SMILES string of the molecule is CCCCc1ccc(C(=O)N(Cc2nc(C(=O)N[C@H](C)CC)co2)[C@@H](C)CC)cc1. The van der Waals surface area contributed by atoms with Gasteiger partial charge in [0.2, 0.25) is 5.89 Å². The molecule has 2 rings (SSSR count). The van der Waals surface area contributed by atoms with Gasteiger partial charge in [-0.25, -0.2) is 4.98 Å². The van der Waals surface area contributed by atoms with Gasteiger partial charge in [-0.1, -0.05) is 39.3 Å². The summed E-state index contributed by atoms with van der Waals surface area (Å²) in [6, 6.07) is 7.92. The van der Waals surface area contributed by atoms with Crippen molar-refractivity contribution in [3.8, 4) is 0 Å². The van der Waals surface area contributed by atoms with Gasteiger partial charge in [-0.05, 0) is 57.2 Å². The van der Waals surface area contributed by atoms with Crippen molar-refractivity contribution in [3.63, 3.8) is 0 Å². The van der Waals surface area contributed by atoms with E-state index >= 15 is 0 Å². The second kappa shape index (κ2) is 11.5. The first-order chi connectivity index (χ1) is 14.4. The molecule has 0 saturated carbocycles. The van der Waals surface area contributed by atoms with Gasteiger partial charge in [0, 0.05) is 17.6 Å². The number of unbranched alkanes of at least 4 members (excludes halogenated alkanes) is 1. The third-order valence-electron chi connectivity index (χ3n) is 5.48. The van der Waals surface area contributed by atoms with Crippen LogP contribution in [0.15, 0.2) is 34.9 Å². The highest BCUT2D eigenvalue weighted by atomic mass is 16.3. The number of nitrogens with one attached hydrogen (secondary N) is 1. The molecule has 0 aliphatic heterocycles. The number of hydrogen-bond acceptors (Lipinski definition) is 4.